The molecule has 1 atom stereocenters. The maximum Gasteiger partial charge on any atom is 0.417 e. The third-order valence-corrected chi connectivity index (χ3v) is 9.38. The Morgan fingerprint density at radius 3 is 2.16 bits per heavy atom. The van der Waals surface area contributed by atoms with Crippen LogP contribution < -0.4 is 10.9 Å². The lowest BCUT2D eigenvalue weighted by Gasteiger charge is -2.29. The van der Waals surface area contributed by atoms with Crippen molar-refractivity contribution in [3.05, 3.63) is 117 Å². The number of nitrogens with zero attached hydrogens (tertiary/aromatic N) is 2. The second-order valence-electron chi connectivity index (χ2n) is 12.5. The summed E-state index contributed by atoms with van der Waals surface area (Å²) >= 11 is 0. The normalized spacial score (nSPS) is 15.1. The van der Waals surface area contributed by atoms with Gasteiger partial charge < -0.3 is 19.9 Å². The lowest BCUT2D eigenvalue weighted by Crippen LogP contribution is -2.43. The molecule has 4 aromatic carbocycles. The number of likely N-dealkylation sites (tertiary alicyclic amines) is 1. The average Bonchev–Trinajstić information content (AvgIpc) is 3.05. The second kappa shape index (κ2) is 13.1. The number of carboxylic acids is 1. The number of nitrogens with one attached hydrogen (secondary N) is 1. The Balaban J connectivity index is 1.36. The highest BCUT2D eigenvalue weighted by molar-refractivity contribution is 6.02. The summed E-state index contributed by atoms with van der Waals surface area (Å²) in [5.74, 6) is -5.05. The number of aryl methyl sites for hydroxylation is 1. The highest BCUT2D eigenvalue weighted by Crippen LogP contribution is 2.42. The number of amides is 1. The number of aromatic nitrogens is 1. The number of para-hydroxylation sites is 1. The third kappa shape index (κ3) is 6.40. The minimum Gasteiger partial charge on any atom is -0.480 e. The molecule has 1 saturated heterocycles. The van der Waals surface area contributed by atoms with Crippen molar-refractivity contribution < 1.29 is 36.6 Å². The summed E-state index contributed by atoms with van der Waals surface area (Å²) in [6, 6.07) is 15.3. The van der Waals surface area contributed by atoms with E-state index in [1.54, 1.807) is 6.07 Å². The minimum absolute atomic E-state index is 0.0113. The molecule has 254 valence electrons. The molecule has 6 rings (SSSR count). The summed E-state index contributed by atoms with van der Waals surface area (Å²) in [6.07, 6.45) is -3.87. The van der Waals surface area contributed by atoms with Crippen molar-refractivity contribution in [2.45, 2.75) is 37.4 Å². The first-order valence-electron chi connectivity index (χ1n) is 15.7. The van der Waals surface area contributed by atoms with E-state index in [4.69, 9.17) is 0 Å². The van der Waals surface area contributed by atoms with Gasteiger partial charge in [-0.3, -0.25) is 9.59 Å². The van der Waals surface area contributed by atoms with E-state index >= 15 is 8.78 Å². The maximum absolute atomic E-state index is 15.2. The van der Waals surface area contributed by atoms with Crippen molar-refractivity contribution >= 4 is 33.6 Å². The number of pyridine rings is 1. The molecule has 49 heavy (non-hydrogen) atoms. The van der Waals surface area contributed by atoms with E-state index in [-0.39, 0.29) is 34.2 Å². The number of hydrogen-bond donors (Lipinski definition) is 2. The number of halogens is 5. The van der Waals surface area contributed by atoms with Crippen LogP contribution in [-0.4, -0.2) is 52.6 Å². The topological polar surface area (TPSA) is 91.6 Å². The molecule has 1 amide bonds. The molecule has 5 aromatic rings. The molecule has 0 radical (unpaired) electrons. The fourth-order valence-electron chi connectivity index (χ4n) is 6.85. The monoisotopic (exact) mass is 677 g/mol. The predicted octanol–water partition coefficient (Wildman–Crippen LogP) is 6.89. The Morgan fingerprint density at radius 1 is 0.898 bits per heavy atom. The van der Waals surface area contributed by atoms with Gasteiger partial charge in [0.1, 0.15) is 23.2 Å². The number of benzene rings is 4. The molecule has 1 fully saturated rings. The second-order valence-corrected chi connectivity index (χ2v) is 12.5. The summed E-state index contributed by atoms with van der Waals surface area (Å²) in [7, 11) is 3.34. The molecule has 0 bridgehead atoms. The van der Waals surface area contributed by atoms with Crippen LogP contribution in [-0.2, 0) is 24.4 Å². The van der Waals surface area contributed by atoms with E-state index < -0.39 is 58.0 Å². The Hall–Kier alpha value is -5.10. The summed E-state index contributed by atoms with van der Waals surface area (Å²) in [6.45, 7) is 1.52. The van der Waals surface area contributed by atoms with Crippen LogP contribution in [0, 0.1) is 11.6 Å². The zero-order valence-electron chi connectivity index (χ0n) is 26.6. The molecular formula is C37H32F5N3O4. The smallest absolute Gasteiger partial charge is 0.417 e. The largest absolute Gasteiger partial charge is 0.480 e. The molecule has 1 aliphatic heterocycles. The Labute approximate surface area is 277 Å². The van der Waals surface area contributed by atoms with Gasteiger partial charge in [-0.1, -0.05) is 54.6 Å². The Kier molecular flexibility index (Phi) is 9.02. The first-order valence-corrected chi connectivity index (χ1v) is 15.7. The summed E-state index contributed by atoms with van der Waals surface area (Å²) in [5.41, 5.74) is -2.59. The first-order chi connectivity index (χ1) is 23.3. The van der Waals surface area contributed by atoms with Gasteiger partial charge in [0.2, 0.25) is 0 Å². The Morgan fingerprint density at radius 2 is 1.51 bits per heavy atom. The van der Waals surface area contributed by atoms with Gasteiger partial charge in [0.05, 0.1) is 16.6 Å². The van der Waals surface area contributed by atoms with Crippen molar-refractivity contribution in [1.82, 2.24) is 14.8 Å². The fourth-order valence-corrected chi connectivity index (χ4v) is 6.85. The molecule has 7 nitrogen and oxygen atoms in total. The van der Waals surface area contributed by atoms with Crippen molar-refractivity contribution in [3.63, 3.8) is 0 Å². The van der Waals surface area contributed by atoms with E-state index in [9.17, 15) is 32.7 Å². The SMILES string of the molecule is CN1CCC(c2cc(F)c(C(=O)N[C@@H](Cc3cccc4c(-c5c(C(F)(F)F)c6ccccc6n(C)c5=O)cccc34)C(=O)O)c(F)c2)CC1. The molecule has 0 spiro atoms. The number of alkyl halides is 3. The number of rotatable bonds is 7. The lowest BCUT2D eigenvalue weighted by molar-refractivity contribution is -0.139. The van der Waals surface area contributed by atoms with Gasteiger partial charge in [-0.15, -0.1) is 0 Å². The number of piperidine rings is 1. The quantitative estimate of drug-likeness (QED) is 0.183. The zero-order valence-corrected chi connectivity index (χ0v) is 26.6. The lowest BCUT2D eigenvalue weighted by atomic mass is 9.88. The summed E-state index contributed by atoms with van der Waals surface area (Å²) in [5, 5.41) is 12.7. The molecule has 0 unspecified atom stereocenters. The van der Waals surface area contributed by atoms with E-state index in [2.05, 4.69) is 10.2 Å². The van der Waals surface area contributed by atoms with Gasteiger partial charge in [-0.2, -0.15) is 13.2 Å². The third-order valence-electron chi connectivity index (χ3n) is 9.38. The predicted molar refractivity (Wildman–Crippen MR) is 176 cm³/mol. The van der Waals surface area contributed by atoms with Crippen LogP contribution >= 0.6 is 0 Å². The molecule has 1 aliphatic rings. The van der Waals surface area contributed by atoms with Crippen LogP contribution in [0.1, 0.15) is 45.8 Å². The van der Waals surface area contributed by atoms with E-state index in [0.717, 1.165) is 29.8 Å². The van der Waals surface area contributed by atoms with Crippen LogP contribution in [0.2, 0.25) is 0 Å². The summed E-state index contributed by atoms with van der Waals surface area (Å²) in [4.78, 5) is 41.1. The van der Waals surface area contributed by atoms with Gasteiger partial charge in [0.15, 0.2) is 0 Å². The number of fused-ring (bicyclic) bond motifs is 2. The average molecular weight is 678 g/mol. The van der Waals surface area contributed by atoms with E-state index in [1.165, 1.54) is 61.6 Å². The van der Waals surface area contributed by atoms with Gasteiger partial charge in [-0.05, 0) is 84.6 Å². The van der Waals surface area contributed by atoms with Crippen molar-refractivity contribution in [2.24, 2.45) is 7.05 Å². The Bertz CT molecular complexity index is 2150. The van der Waals surface area contributed by atoms with Gasteiger partial charge in [-0.25, -0.2) is 13.6 Å². The molecule has 0 saturated carbocycles. The van der Waals surface area contributed by atoms with Crippen LogP contribution in [0.5, 0.6) is 0 Å². The number of hydrogen-bond acceptors (Lipinski definition) is 4. The maximum atomic E-state index is 15.2. The molecule has 12 heteroatoms. The fraction of sp³-hybridized carbons (Fsp3) is 0.270. The molecular weight excluding hydrogens is 645 g/mol. The molecule has 1 aromatic heterocycles. The van der Waals surface area contributed by atoms with E-state index in [1.807, 2.05) is 7.05 Å². The number of carboxylic acid groups (broad SMARTS) is 1. The van der Waals surface area contributed by atoms with Crippen LogP contribution in [0.3, 0.4) is 0 Å². The van der Waals surface area contributed by atoms with Crippen molar-refractivity contribution in [3.8, 4) is 11.1 Å². The summed E-state index contributed by atoms with van der Waals surface area (Å²) < 4.78 is 75.5. The highest BCUT2D eigenvalue weighted by Gasteiger charge is 2.38. The van der Waals surface area contributed by atoms with Crippen molar-refractivity contribution in [1.29, 1.82) is 0 Å². The van der Waals surface area contributed by atoms with Crippen LogP contribution in [0.15, 0.2) is 77.6 Å². The van der Waals surface area contributed by atoms with Gasteiger partial charge in [0, 0.05) is 18.9 Å². The molecule has 2 heterocycles. The number of carbonyl (C=O) groups is 2. The van der Waals surface area contributed by atoms with Crippen molar-refractivity contribution in [2.75, 3.05) is 20.1 Å². The molecule has 0 aliphatic carbocycles. The van der Waals surface area contributed by atoms with Gasteiger partial charge >= 0.3 is 12.1 Å². The zero-order chi connectivity index (χ0) is 35.2. The van der Waals surface area contributed by atoms with E-state index in [0.29, 0.717) is 29.4 Å². The highest BCUT2D eigenvalue weighted by atomic mass is 19.4. The number of carbonyl (C=O) groups excluding carboxylic acids is 1. The first kappa shape index (κ1) is 33.8. The standard InChI is InChI=1S/C37H32F5N3O4/c1-44-15-13-20(14-16-44)22-17-27(38)32(28(39)18-22)34(46)43-29(36(48)49)19-21-7-5-10-24-23(21)9-6-11-25(24)31-33(37(40,41)42)26-8-3-4-12-30(26)45(2)35(31)47/h3-12,17-18,20,29H,13-16,19H2,1-2H3,(H,43,46)(H,48,49)/t29-/m0/s1. The number of aliphatic carboxylic acids is 1. The minimum atomic E-state index is -4.89. The molecule has 2 N–H and O–H groups in total. The van der Waals surface area contributed by atoms with Crippen LogP contribution in [0.25, 0.3) is 32.8 Å². The van der Waals surface area contributed by atoms with Gasteiger partial charge in [0.25, 0.3) is 11.5 Å². The van der Waals surface area contributed by atoms with Crippen LogP contribution in [0.4, 0.5) is 22.0 Å².